The summed E-state index contributed by atoms with van der Waals surface area (Å²) in [5.74, 6) is 0. The number of benzene rings is 2. The molecule has 0 spiro atoms. The third kappa shape index (κ3) is 2.09. The predicted molar refractivity (Wildman–Crippen MR) is 82.4 cm³/mol. The number of halogens is 2. The number of hydrogen-bond acceptors (Lipinski definition) is 2. The molecule has 0 radical (unpaired) electrons. The molecule has 0 bridgehead atoms. The minimum Gasteiger partial charge on any atom is -0.308 e. The van der Waals surface area contributed by atoms with Crippen molar-refractivity contribution in [3.63, 3.8) is 0 Å². The Balaban J connectivity index is 2.39. The maximum Gasteiger partial charge on any atom is 0.277 e. The molecule has 0 amide bonds. The zero-order chi connectivity index (χ0) is 14.3. The summed E-state index contributed by atoms with van der Waals surface area (Å²) in [5, 5.41) is 0.827. The number of hydrogen-bond donors (Lipinski definition) is 0. The molecule has 20 heavy (non-hydrogen) atoms. The second-order valence-corrected chi connectivity index (χ2v) is 5.26. The van der Waals surface area contributed by atoms with Crippen LogP contribution in [0.15, 0.2) is 47.3 Å². The lowest BCUT2D eigenvalue weighted by Gasteiger charge is -2.09. The van der Waals surface area contributed by atoms with Gasteiger partial charge in [-0.3, -0.25) is 4.79 Å². The zero-order valence-electron chi connectivity index (χ0n) is 10.6. The van der Waals surface area contributed by atoms with Crippen LogP contribution >= 0.6 is 23.2 Å². The molecule has 0 unspecified atom stereocenters. The predicted octanol–water partition coefficient (Wildman–Crippen LogP) is 3.91. The molecule has 1 aromatic heterocycles. The van der Waals surface area contributed by atoms with Gasteiger partial charge in [-0.25, -0.2) is 4.98 Å². The van der Waals surface area contributed by atoms with E-state index in [0.29, 0.717) is 26.8 Å². The molecule has 0 saturated heterocycles. The molecule has 2 aromatic carbocycles. The summed E-state index contributed by atoms with van der Waals surface area (Å²) < 4.78 is 1.53. The molecule has 0 saturated carbocycles. The molecular formula is C15H10Cl2N2O. The number of rotatable bonds is 1. The fraction of sp³-hybridized carbons (Fsp3) is 0.0667. The molecule has 100 valence electrons. The SMILES string of the molecule is Cn1c(=O)c(-c2ccccc2)nc2cc(Cl)c(Cl)cc21. The van der Waals surface area contributed by atoms with Crippen molar-refractivity contribution in [2.24, 2.45) is 7.05 Å². The Hall–Kier alpha value is -1.84. The van der Waals surface area contributed by atoms with Crippen molar-refractivity contribution in [3.05, 3.63) is 62.9 Å². The Kier molecular flexibility index (Phi) is 3.24. The first-order chi connectivity index (χ1) is 9.58. The maximum absolute atomic E-state index is 12.4. The van der Waals surface area contributed by atoms with Crippen molar-refractivity contribution < 1.29 is 0 Å². The lowest BCUT2D eigenvalue weighted by atomic mass is 10.1. The fourth-order valence-electron chi connectivity index (χ4n) is 2.10. The van der Waals surface area contributed by atoms with Crippen LogP contribution in [-0.2, 0) is 7.05 Å². The highest BCUT2D eigenvalue weighted by molar-refractivity contribution is 6.42. The third-order valence-corrected chi connectivity index (χ3v) is 3.89. The highest BCUT2D eigenvalue weighted by Crippen LogP contribution is 2.27. The van der Waals surface area contributed by atoms with E-state index in [1.165, 1.54) is 4.57 Å². The van der Waals surface area contributed by atoms with E-state index >= 15 is 0 Å². The van der Waals surface area contributed by atoms with Crippen LogP contribution in [0.1, 0.15) is 0 Å². The Morgan fingerprint density at radius 1 is 1.05 bits per heavy atom. The molecule has 3 aromatic rings. The Bertz CT molecular complexity index is 857. The molecule has 3 nitrogen and oxygen atoms in total. The van der Waals surface area contributed by atoms with E-state index in [2.05, 4.69) is 4.98 Å². The van der Waals surface area contributed by atoms with Crippen molar-refractivity contribution in [1.29, 1.82) is 0 Å². The number of fused-ring (bicyclic) bond motifs is 1. The Morgan fingerprint density at radius 2 is 1.70 bits per heavy atom. The van der Waals surface area contributed by atoms with Gasteiger partial charge in [0.05, 0.1) is 21.1 Å². The minimum atomic E-state index is -0.165. The summed E-state index contributed by atoms with van der Waals surface area (Å²) in [7, 11) is 1.70. The molecule has 0 aliphatic rings. The van der Waals surface area contributed by atoms with Gasteiger partial charge < -0.3 is 4.57 Å². The molecule has 0 aliphatic heterocycles. The van der Waals surface area contributed by atoms with Gasteiger partial charge in [0.2, 0.25) is 0 Å². The number of aromatic nitrogens is 2. The molecular weight excluding hydrogens is 295 g/mol. The first-order valence-corrected chi connectivity index (χ1v) is 6.75. The largest absolute Gasteiger partial charge is 0.308 e. The summed E-state index contributed by atoms with van der Waals surface area (Å²) in [5.41, 5.74) is 2.31. The highest BCUT2D eigenvalue weighted by Gasteiger charge is 2.12. The second-order valence-electron chi connectivity index (χ2n) is 4.45. The first-order valence-electron chi connectivity index (χ1n) is 5.99. The van der Waals surface area contributed by atoms with Crippen molar-refractivity contribution in [1.82, 2.24) is 9.55 Å². The van der Waals surface area contributed by atoms with E-state index in [1.54, 1.807) is 19.2 Å². The van der Waals surface area contributed by atoms with Crippen LogP contribution in [0.25, 0.3) is 22.3 Å². The molecule has 0 atom stereocenters. The van der Waals surface area contributed by atoms with Crippen molar-refractivity contribution >= 4 is 34.2 Å². The van der Waals surface area contributed by atoms with Gasteiger partial charge in [-0.15, -0.1) is 0 Å². The van der Waals surface area contributed by atoms with E-state index in [1.807, 2.05) is 30.3 Å². The number of aryl methyl sites for hydroxylation is 1. The Labute approximate surface area is 125 Å². The molecule has 0 fully saturated rings. The quantitative estimate of drug-likeness (QED) is 0.683. The van der Waals surface area contributed by atoms with Gasteiger partial charge in [-0.2, -0.15) is 0 Å². The minimum absolute atomic E-state index is 0.165. The van der Waals surface area contributed by atoms with Gasteiger partial charge in [-0.05, 0) is 12.1 Å². The molecule has 3 rings (SSSR count). The van der Waals surface area contributed by atoms with Gasteiger partial charge >= 0.3 is 0 Å². The van der Waals surface area contributed by atoms with E-state index in [4.69, 9.17) is 23.2 Å². The normalized spacial score (nSPS) is 10.9. The zero-order valence-corrected chi connectivity index (χ0v) is 12.1. The van der Waals surface area contributed by atoms with E-state index in [0.717, 1.165) is 5.56 Å². The lowest BCUT2D eigenvalue weighted by molar-refractivity contribution is 0.896. The average Bonchev–Trinajstić information content (AvgIpc) is 2.46. The van der Waals surface area contributed by atoms with Crippen LogP contribution in [0.5, 0.6) is 0 Å². The van der Waals surface area contributed by atoms with E-state index < -0.39 is 0 Å². The lowest BCUT2D eigenvalue weighted by Crippen LogP contribution is -2.20. The summed E-state index contributed by atoms with van der Waals surface area (Å²) in [6.45, 7) is 0. The summed E-state index contributed by atoms with van der Waals surface area (Å²) in [6.07, 6.45) is 0. The summed E-state index contributed by atoms with van der Waals surface area (Å²) >= 11 is 12.0. The fourth-order valence-corrected chi connectivity index (χ4v) is 2.42. The monoisotopic (exact) mass is 304 g/mol. The van der Waals surface area contributed by atoms with Crippen molar-refractivity contribution in [2.75, 3.05) is 0 Å². The molecule has 1 heterocycles. The van der Waals surface area contributed by atoms with Gasteiger partial charge in [-0.1, -0.05) is 53.5 Å². The van der Waals surface area contributed by atoms with Crippen LogP contribution < -0.4 is 5.56 Å². The van der Waals surface area contributed by atoms with Crippen LogP contribution in [0, 0.1) is 0 Å². The van der Waals surface area contributed by atoms with Crippen molar-refractivity contribution in [3.8, 4) is 11.3 Å². The maximum atomic E-state index is 12.4. The first kappa shape index (κ1) is 13.2. The molecule has 0 aliphatic carbocycles. The van der Waals surface area contributed by atoms with E-state index in [9.17, 15) is 4.79 Å². The summed E-state index contributed by atoms with van der Waals surface area (Å²) in [4.78, 5) is 16.8. The van der Waals surface area contributed by atoms with Crippen LogP contribution in [-0.4, -0.2) is 9.55 Å². The second kappa shape index (κ2) is 4.93. The third-order valence-electron chi connectivity index (χ3n) is 3.17. The molecule has 5 heteroatoms. The van der Waals surface area contributed by atoms with Gasteiger partial charge in [0.1, 0.15) is 5.69 Å². The van der Waals surface area contributed by atoms with Crippen LogP contribution in [0.3, 0.4) is 0 Å². The smallest absolute Gasteiger partial charge is 0.277 e. The number of nitrogens with zero attached hydrogens (tertiary/aromatic N) is 2. The van der Waals surface area contributed by atoms with Crippen LogP contribution in [0.4, 0.5) is 0 Å². The summed E-state index contributed by atoms with van der Waals surface area (Å²) in [6, 6.07) is 12.7. The van der Waals surface area contributed by atoms with Crippen LogP contribution in [0.2, 0.25) is 10.0 Å². The van der Waals surface area contributed by atoms with Gasteiger partial charge in [0.25, 0.3) is 5.56 Å². The highest BCUT2D eigenvalue weighted by atomic mass is 35.5. The topological polar surface area (TPSA) is 34.9 Å². The van der Waals surface area contributed by atoms with Crippen molar-refractivity contribution in [2.45, 2.75) is 0 Å². The molecule has 0 N–H and O–H groups in total. The average molecular weight is 305 g/mol. The van der Waals surface area contributed by atoms with Gasteiger partial charge in [0, 0.05) is 12.6 Å². The standard InChI is InChI=1S/C15H10Cl2N2O/c1-19-13-8-11(17)10(16)7-12(13)18-14(15(19)20)9-5-3-2-4-6-9/h2-8H,1H3. The van der Waals surface area contributed by atoms with E-state index in [-0.39, 0.29) is 5.56 Å². The van der Waals surface area contributed by atoms with Gasteiger partial charge in [0.15, 0.2) is 0 Å². The Morgan fingerprint density at radius 3 is 2.40 bits per heavy atom.